The lowest BCUT2D eigenvalue weighted by Crippen LogP contribution is -2.26. The van der Waals surface area contributed by atoms with Gasteiger partial charge in [0, 0.05) is 19.3 Å². The van der Waals surface area contributed by atoms with Gasteiger partial charge in [-0.2, -0.15) is 0 Å². The molecule has 1 aromatic heterocycles. The first kappa shape index (κ1) is 9.51. The zero-order chi connectivity index (χ0) is 10.8. The van der Waals surface area contributed by atoms with E-state index in [0.717, 1.165) is 11.1 Å². The van der Waals surface area contributed by atoms with Gasteiger partial charge in [0.25, 0.3) is 0 Å². The number of nitrogens with two attached hydrogens (primary N) is 1. The number of hydrogen-bond acceptors (Lipinski definition) is 3. The zero-order valence-corrected chi connectivity index (χ0v) is 8.05. The molecule has 0 spiro atoms. The van der Waals surface area contributed by atoms with Crippen molar-refractivity contribution in [1.29, 1.82) is 0 Å². The molecule has 0 saturated carbocycles. The van der Waals surface area contributed by atoms with Gasteiger partial charge in [-0.05, 0) is 23.3 Å². The third-order valence-electron chi connectivity index (χ3n) is 2.35. The molecule has 0 saturated heterocycles. The normalized spacial score (nSPS) is 15.2. The Balaban J connectivity index is 2.14. The van der Waals surface area contributed by atoms with Gasteiger partial charge in [0.05, 0.1) is 0 Å². The number of pyridine rings is 1. The fraction of sp³-hybridized carbons (Fsp3) is 0.200. The standard InChI is InChI=1S/C10H11N3O2/c11-9-2-1-7(5-12-9)8-3-4-13(6-8)10(14)15/h1-3,5H,4,6H2,(H2,11,12)(H,14,15). The van der Waals surface area contributed by atoms with Gasteiger partial charge >= 0.3 is 6.09 Å². The monoisotopic (exact) mass is 205 g/mol. The van der Waals surface area contributed by atoms with E-state index in [9.17, 15) is 4.79 Å². The Morgan fingerprint density at radius 3 is 2.87 bits per heavy atom. The number of nitrogen functional groups attached to an aromatic ring is 1. The van der Waals surface area contributed by atoms with Gasteiger partial charge in [-0.15, -0.1) is 0 Å². The highest BCUT2D eigenvalue weighted by atomic mass is 16.4. The van der Waals surface area contributed by atoms with Crippen LogP contribution in [-0.4, -0.2) is 34.2 Å². The van der Waals surface area contributed by atoms with E-state index in [2.05, 4.69) is 4.98 Å². The predicted octanol–water partition coefficient (Wildman–Crippen LogP) is 1.04. The first-order valence-electron chi connectivity index (χ1n) is 4.55. The summed E-state index contributed by atoms with van der Waals surface area (Å²) in [5.74, 6) is 0.465. The number of anilines is 1. The molecule has 3 N–H and O–H groups in total. The zero-order valence-electron chi connectivity index (χ0n) is 8.05. The van der Waals surface area contributed by atoms with Crippen molar-refractivity contribution >= 4 is 17.5 Å². The lowest BCUT2D eigenvalue weighted by molar-refractivity contribution is 0.158. The Morgan fingerprint density at radius 1 is 1.53 bits per heavy atom. The maximum atomic E-state index is 10.7. The summed E-state index contributed by atoms with van der Waals surface area (Å²) in [6.45, 7) is 0.857. The molecule has 2 heterocycles. The van der Waals surface area contributed by atoms with Crippen molar-refractivity contribution in [2.24, 2.45) is 0 Å². The Morgan fingerprint density at radius 2 is 2.33 bits per heavy atom. The van der Waals surface area contributed by atoms with Crippen LogP contribution in [0.2, 0.25) is 0 Å². The van der Waals surface area contributed by atoms with Gasteiger partial charge in [0.2, 0.25) is 0 Å². The van der Waals surface area contributed by atoms with Crippen LogP contribution in [0.3, 0.4) is 0 Å². The van der Waals surface area contributed by atoms with Crippen LogP contribution in [0.25, 0.3) is 5.57 Å². The first-order valence-corrected chi connectivity index (χ1v) is 4.55. The largest absolute Gasteiger partial charge is 0.465 e. The molecule has 15 heavy (non-hydrogen) atoms. The molecule has 0 bridgehead atoms. The van der Waals surface area contributed by atoms with E-state index < -0.39 is 6.09 Å². The summed E-state index contributed by atoms with van der Waals surface area (Å²) in [5, 5.41) is 8.78. The molecule has 1 aliphatic heterocycles. The van der Waals surface area contributed by atoms with Crippen LogP contribution in [0, 0.1) is 0 Å². The fourth-order valence-electron chi connectivity index (χ4n) is 1.51. The maximum Gasteiger partial charge on any atom is 0.407 e. The summed E-state index contributed by atoms with van der Waals surface area (Å²) in [5.41, 5.74) is 7.37. The van der Waals surface area contributed by atoms with Gasteiger partial charge in [-0.3, -0.25) is 0 Å². The predicted molar refractivity (Wildman–Crippen MR) is 56.2 cm³/mol. The van der Waals surface area contributed by atoms with Crippen LogP contribution in [0.1, 0.15) is 5.56 Å². The first-order chi connectivity index (χ1) is 7.16. The lowest BCUT2D eigenvalue weighted by Gasteiger charge is -2.11. The van der Waals surface area contributed by atoms with Gasteiger partial charge in [0.1, 0.15) is 5.82 Å². The molecular weight excluding hydrogens is 194 g/mol. The van der Waals surface area contributed by atoms with Crippen molar-refractivity contribution in [2.45, 2.75) is 0 Å². The van der Waals surface area contributed by atoms with Crippen molar-refractivity contribution in [3.63, 3.8) is 0 Å². The Hall–Kier alpha value is -2.04. The Kier molecular flexibility index (Phi) is 2.29. The van der Waals surface area contributed by atoms with Gasteiger partial charge in [-0.25, -0.2) is 9.78 Å². The third kappa shape index (κ3) is 1.90. The molecule has 2 rings (SSSR count). The van der Waals surface area contributed by atoms with Crippen molar-refractivity contribution in [3.8, 4) is 0 Å². The number of carbonyl (C=O) groups is 1. The molecule has 0 aliphatic carbocycles. The van der Waals surface area contributed by atoms with E-state index in [0.29, 0.717) is 18.9 Å². The molecule has 0 radical (unpaired) electrons. The minimum atomic E-state index is -0.898. The number of hydrogen-bond donors (Lipinski definition) is 2. The summed E-state index contributed by atoms with van der Waals surface area (Å²) in [6, 6.07) is 3.55. The summed E-state index contributed by atoms with van der Waals surface area (Å²) in [6.07, 6.45) is 2.65. The van der Waals surface area contributed by atoms with Crippen molar-refractivity contribution in [1.82, 2.24) is 9.88 Å². The van der Waals surface area contributed by atoms with E-state index in [4.69, 9.17) is 10.8 Å². The number of aromatic nitrogens is 1. The molecule has 1 amide bonds. The second-order valence-corrected chi connectivity index (χ2v) is 3.36. The van der Waals surface area contributed by atoms with Crippen LogP contribution in [0.5, 0.6) is 0 Å². The molecule has 0 unspecified atom stereocenters. The highest BCUT2D eigenvalue weighted by Gasteiger charge is 2.19. The molecule has 0 atom stereocenters. The van der Waals surface area contributed by atoms with Crippen LogP contribution >= 0.6 is 0 Å². The van der Waals surface area contributed by atoms with E-state index in [1.165, 1.54) is 4.90 Å². The Bertz CT molecular complexity index is 411. The highest BCUT2D eigenvalue weighted by Crippen LogP contribution is 2.20. The van der Waals surface area contributed by atoms with Crippen LogP contribution in [0.15, 0.2) is 24.4 Å². The lowest BCUT2D eigenvalue weighted by atomic mass is 10.1. The minimum Gasteiger partial charge on any atom is -0.465 e. The quantitative estimate of drug-likeness (QED) is 0.717. The SMILES string of the molecule is Nc1ccc(C2=CCN(C(=O)O)C2)cn1. The Labute approximate surface area is 86.8 Å². The molecule has 78 valence electrons. The second-order valence-electron chi connectivity index (χ2n) is 3.36. The van der Waals surface area contributed by atoms with Crippen LogP contribution < -0.4 is 5.73 Å². The van der Waals surface area contributed by atoms with Crippen LogP contribution in [-0.2, 0) is 0 Å². The topological polar surface area (TPSA) is 79.5 Å². The smallest absolute Gasteiger partial charge is 0.407 e. The van der Waals surface area contributed by atoms with Gasteiger partial charge in [-0.1, -0.05) is 6.08 Å². The van der Waals surface area contributed by atoms with Crippen molar-refractivity contribution in [2.75, 3.05) is 18.8 Å². The summed E-state index contributed by atoms with van der Waals surface area (Å²) >= 11 is 0. The molecule has 5 heteroatoms. The van der Waals surface area contributed by atoms with E-state index in [1.54, 1.807) is 12.3 Å². The average Bonchev–Trinajstić information content (AvgIpc) is 2.68. The van der Waals surface area contributed by atoms with Gasteiger partial charge < -0.3 is 15.7 Å². The van der Waals surface area contributed by atoms with Gasteiger partial charge in [0.15, 0.2) is 0 Å². The number of carboxylic acid groups (broad SMARTS) is 1. The number of nitrogens with zero attached hydrogens (tertiary/aromatic N) is 2. The summed E-state index contributed by atoms with van der Waals surface area (Å²) in [4.78, 5) is 16.0. The highest BCUT2D eigenvalue weighted by molar-refractivity contribution is 5.76. The van der Waals surface area contributed by atoms with E-state index in [-0.39, 0.29) is 0 Å². The minimum absolute atomic E-state index is 0.418. The molecule has 5 nitrogen and oxygen atoms in total. The van der Waals surface area contributed by atoms with E-state index in [1.807, 2.05) is 12.1 Å². The van der Waals surface area contributed by atoms with Crippen molar-refractivity contribution in [3.05, 3.63) is 30.0 Å². The van der Waals surface area contributed by atoms with Crippen molar-refractivity contribution < 1.29 is 9.90 Å². The summed E-state index contributed by atoms with van der Waals surface area (Å²) in [7, 11) is 0. The van der Waals surface area contributed by atoms with E-state index >= 15 is 0 Å². The summed E-state index contributed by atoms with van der Waals surface area (Å²) < 4.78 is 0. The molecule has 0 fully saturated rings. The molecule has 0 aromatic carbocycles. The molecule has 1 aliphatic rings. The van der Waals surface area contributed by atoms with Crippen LogP contribution in [0.4, 0.5) is 10.6 Å². The average molecular weight is 205 g/mol. The third-order valence-corrected chi connectivity index (χ3v) is 2.35. The number of rotatable bonds is 1. The number of amides is 1. The second kappa shape index (κ2) is 3.61. The molecule has 1 aromatic rings. The molecular formula is C10H11N3O2. The fourth-order valence-corrected chi connectivity index (χ4v) is 1.51. The maximum absolute atomic E-state index is 10.7.